The van der Waals surface area contributed by atoms with Crippen LogP contribution in [0.5, 0.6) is 0 Å². The van der Waals surface area contributed by atoms with Gasteiger partial charge in [0.1, 0.15) is 35.6 Å². The Morgan fingerprint density at radius 2 is 1.84 bits per heavy atom. The number of carbonyl (C=O) groups is 1. The van der Waals surface area contributed by atoms with Gasteiger partial charge in [-0.1, -0.05) is 18.2 Å². The maximum atomic E-state index is 14.1. The number of fused-ring (bicyclic) bond motifs is 1. The highest BCUT2D eigenvalue weighted by Gasteiger charge is 2.20. The molecule has 3 aromatic heterocycles. The van der Waals surface area contributed by atoms with Crippen molar-refractivity contribution >= 4 is 28.8 Å². The van der Waals surface area contributed by atoms with Crippen molar-refractivity contribution in [2.45, 2.75) is 13.2 Å². The van der Waals surface area contributed by atoms with Gasteiger partial charge in [0.25, 0.3) is 0 Å². The Morgan fingerprint density at radius 3 is 2.52 bits per heavy atom. The lowest BCUT2D eigenvalue weighted by molar-refractivity contribution is 0.150. The topological polar surface area (TPSA) is 161 Å². The Balaban J connectivity index is 1.82. The summed E-state index contributed by atoms with van der Waals surface area (Å²) in [6.07, 6.45) is 0.0155. The number of ether oxygens (including phenoxy) is 1. The molecule has 0 radical (unpaired) electrons. The third-order valence-corrected chi connectivity index (χ3v) is 4.47. The van der Waals surface area contributed by atoms with Crippen molar-refractivity contribution in [3.05, 3.63) is 59.3 Å². The molecular formula is C19H16F2N8O2. The first-order valence-corrected chi connectivity index (χ1v) is 8.93. The van der Waals surface area contributed by atoms with Crippen LogP contribution in [-0.4, -0.2) is 30.8 Å². The van der Waals surface area contributed by atoms with Crippen molar-refractivity contribution in [3.8, 4) is 11.5 Å². The van der Waals surface area contributed by atoms with Gasteiger partial charge < -0.3 is 21.9 Å². The maximum Gasteiger partial charge on any atom is 0.404 e. The molecule has 0 saturated carbocycles. The van der Waals surface area contributed by atoms with Gasteiger partial charge in [-0.25, -0.2) is 33.2 Å². The molecule has 1 aromatic carbocycles. The maximum absolute atomic E-state index is 14.1. The van der Waals surface area contributed by atoms with Crippen LogP contribution in [0.2, 0.25) is 0 Å². The summed E-state index contributed by atoms with van der Waals surface area (Å²) in [6.45, 7) is -0.275. The van der Waals surface area contributed by atoms with Crippen molar-refractivity contribution < 1.29 is 18.3 Å². The van der Waals surface area contributed by atoms with Crippen LogP contribution in [0.4, 0.5) is 25.2 Å². The SMILES string of the molecule is NC(=O)OCc1c(N)nc(-c2nn(Cc3ccccc3F)c3ncc(F)cc23)nc1N. The average molecular weight is 426 g/mol. The number of hydrogen-bond donors (Lipinski definition) is 3. The van der Waals surface area contributed by atoms with Crippen LogP contribution in [0.1, 0.15) is 11.1 Å². The van der Waals surface area contributed by atoms with E-state index in [4.69, 9.17) is 17.2 Å². The van der Waals surface area contributed by atoms with Crippen LogP contribution >= 0.6 is 0 Å². The Kier molecular flexibility index (Phi) is 5.03. The van der Waals surface area contributed by atoms with Crippen LogP contribution in [0.25, 0.3) is 22.6 Å². The number of carbonyl (C=O) groups excluding carboxylic acids is 1. The lowest BCUT2D eigenvalue weighted by Crippen LogP contribution is -2.15. The van der Waals surface area contributed by atoms with Gasteiger partial charge in [-0.15, -0.1) is 0 Å². The number of aromatic nitrogens is 5. The fourth-order valence-corrected chi connectivity index (χ4v) is 3.01. The molecule has 4 aromatic rings. The van der Waals surface area contributed by atoms with Gasteiger partial charge in [-0.05, 0) is 12.1 Å². The number of pyridine rings is 1. The van der Waals surface area contributed by atoms with E-state index in [9.17, 15) is 13.6 Å². The van der Waals surface area contributed by atoms with Gasteiger partial charge in [0.05, 0.1) is 23.7 Å². The van der Waals surface area contributed by atoms with Gasteiger partial charge in [-0.3, -0.25) is 0 Å². The Morgan fingerprint density at radius 1 is 1.13 bits per heavy atom. The average Bonchev–Trinajstić information content (AvgIpc) is 3.06. The summed E-state index contributed by atoms with van der Waals surface area (Å²) >= 11 is 0. The predicted octanol–water partition coefficient (Wildman–Crippen LogP) is 1.97. The van der Waals surface area contributed by atoms with E-state index in [0.29, 0.717) is 11.2 Å². The fourth-order valence-electron chi connectivity index (χ4n) is 3.01. The van der Waals surface area contributed by atoms with Gasteiger partial charge in [0.2, 0.25) is 0 Å². The third kappa shape index (κ3) is 3.90. The van der Waals surface area contributed by atoms with Crippen molar-refractivity contribution in [1.29, 1.82) is 0 Å². The molecule has 158 valence electrons. The van der Waals surface area contributed by atoms with E-state index in [1.165, 1.54) is 16.8 Å². The Labute approximate surface area is 173 Å². The monoisotopic (exact) mass is 426 g/mol. The molecule has 0 bridgehead atoms. The zero-order valence-corrected chi connectivity index (χ0v) is 15.9. The lowest BCUT2D eigenvalue weighted by Gasteiger charge is -2.09. The van der Waals surface area contributed by atoms with Crippen molar-refractivity contribution in [2.24, 2.45) is 5.73 Å². The molecule has 1 amide bonds. The number of anilines is 2. The normalized spacial score (nSPS) is 11.0. The number of nitrogens with two attached hydrogens (primary N) is 3. The second-order valence-electron chi connectivity index (χ2n) is 6.53. The quantitative estimate of drug-likeness (QED) is 0.436. The zero-order chi connectivity index (χ0) is 22.1. The molecule has 10 nitrogen and oxygen atoms in total. The highest BCUT2D eigenvalue weighted by molar-refractivity contribution is 5.89. The Bertz CT molecular complexity index is 1280. The number of rotatable bonds is 5. The minimum atomic E-state index is -1.01. The summed E-state index contributed by atoms with van der Waals surface area (Å²) in [5.41, 5.74) is 17.8. The first-order chi connectivity index (χ1) is 14.8. The number of amides is 1. The summed E-state index contributed by atoms with van der Waals surface area (Å²) < 4.78 is 34.1. The second-order valence-corrected chi connectivity index (χ2v) is 6.53. The molecule has 0 spiro atoms. The van der Waals surface area contributed by atoms with Gasteiger partial charge >= 0.3 is 6.09 Å². The molecule has 0 fully saturated rings. The van der Waals surface area contributed by atoms with Crippen LogP contribution in [0.3, 0.4) is 0 Å². The minimum absolute atomic E-state index is 0.00232. The highest BCUT2D eigenvalue weighted by Crippen LogP contribution is 2.29. The summed E-state index contributed by atoms with van der Waals surface area (Å²) in [7, 11) is 0. The van der Waals surface area contributed by atoms with Crippen molar-refractivity contribution in [1.82, 2.24) is 24.7 Å². The number of halogens is 2. The summed E-state index contributed by atoms with van der Waals surface area (Å²) in [4.78, 5) is 23.2. The second kappa shape index (κ2) is 7.82. The molecule has 0 unspecified atom stereocenters. The number of nitrogens with zero attached hydrogens (tertiary/aromatic N) is 5. The van der Waals surface area contributed by atoms with Crippen LogP contribution in [0, 0.1) is 11.6 Å². The van der Waals surface area contributed by atoms with E-state index in [2.05, 4.69) is 24.8 Å². The smallest absolute Gasteiger partial charge is 0.404 e. The Hall–Kier alpha value is -4.35. The van der Waals surface area contributed by atoms with Crippen LogP contribution < -0.4 is 17.2 Å². The van der Waals surface area contributed by atoms with E-state index < -0.39 is 17.7 Å². The molecular weight excluding hydrogens is 410 g/mol. The van der Waals surface area contributed by atoms with E-state index in [0.717, 1.165) is 6.20 Å². The third-order valence-electron chi connectivity index (χ3n) is 4.47. The molecule has 0 atom stereocenters. The van der Waals surface area contributed by atoms with E-state index in [1.54, 1.807) is 18.2 Å². The predicted molar refractivity (Wildman–Crippen MR) is 107 cm³/mol. The lowest BCUT2D eigenvalue weighted by atomic mass is 10.2. The molecule has 3 heterocycles. The number of nitrogen functional groups attached to an aromatic ring is 2. The molecule has 4 rings (SSSR count). The molecule has 31 heavy (non-hydrogen) atoms. The van der Waals surface area contributed by atoms with E-state index in [-0.39, 0.29) is 47.3 Å². The van der Waals surface area contributed by atoms with E-state index >= 15 is 0 Å². The van der Waals surface area contributed by atoms with Gasteiger partial charge in [0.15, 0.2) is 11.5 Å². The zero-order valence-electron chi connectivity index (χ0n) is 15.9. The first kappa shape index (κ1) is 19.9. The largest absolute Gasteiger partial charge is 0.445 e. The molecule has 0 saturated heterocycles. The van der Waals surface area contributed by atoms with Crippen molar-refractivity contribution in [2.75, 3.05) is 11.5 Å². The summed E-state index contributed by atoms with van der Waals surface area (Å²) in [5.74, 6) is -1.15. The number of primary amides is 1. The molecule has 0 aliphatic carbocycles. The first-order valence-electron chi connectivity index (χ1n) is 8.93. The molecule has 12 heteroatoms. The number of hydrogen-bond acceptors (Lipinski definition) is 8. The molecule has 0 aliphatic rings. The highest BCUT2D eigenvalue weighted by atomic mass is 19.1. The van der Waals surface area contributed by atoms with E-state index in [1.807, 2.05) is 0 Å². The van der Waals surface area contributed by atoms with Crippen LogP contribution in [-0.2, 0) is 17.9 Å². The standard InChI is InChI=1S/C19H16F2N8O2/c20-10-5-11-14(17-26-15(22)12(16(23)27-17)8-31-19(24)30)28-29(18(11)25-6-10)7-9-3-1-2-4-13(9)21/h1-6H,7-8H2,(H2,24,30)(H4,22,23,26,27). The minimum Gasteiger partial charge on any atom is -0.445 e. The summed E-state index contributed by atoms with van der Waals surface area (Å²) in [6, 6.07) is 7.40. The van der Waals surface area contributed by atoms with Gasteiger partial charge in [0, 0.05) is 5.56 Å². The van der Waals surface area contributed by atoms with Crippen molar-refractivity contribution in [3.63, 3.8) is 0 Å². The van der Waals surface area contributed by atoms with Gasteiger partial charge in [-0.2, -0.15) is 5.10 Å². The fraction of sp³-hybridized carbons (Fsp3) is 0.105. The summed E-state index contributed by atoms with van der Waals surface area (Å²) in [5, 5.41) is 4.69. The molecule has 6 N–H and O–H groups in total. The number of benzene rings is 1. The van der Waals surface area contributed by atoms with Crippen LogP contribution in [0.15, 0.2) is 36.5 Å². The molecule has 0 aliphatic heterocycles.